The van der Waals surface area contributed by atoms with E-state index in [9.17, 15) is 13.2 Å². The van der Waals surface area contributed by atoms with E-state index in [-0.39, 0.29) is 6.42 Å². The fraction of sp³-hybridized carbons (Fsp3) is 0.471. The van der Waals surface area contributed by atoms with E-state index >= 15 is 0 Å². The number of carbonyl (C=O) groups excluding carboxylic acids is 1. The fourth-order valence-corrected chi connectivity index (χ4v) is 3.47. The van der Waals surface area contributed by atoms with Crippen LogP contribution in [0, 0.1) is 11.8 Å². The average Bonchev–Trinajstić information content (AvgIpc) is 2.95. The van der Waals surface area contributed by atoms with E-state index in [0.717, 1.165) is 11.8 Å². The van der Waals surface area contributed by atoms with E-state index < -0.39 is 26.5 Å². The zero-order chi connectivity index (χ0) is 18.0. The van der Waals surface area contributed by atoms with Gasteiger partial charge >= 0.3 is 0 Å². The van der Waals surface area contributed by atoms with Crippen molar-refractivity contribution in [1.29, 1.82) is 0 Å². The van der Waals surface area contributed by atoms with Crippen LogP contribution in [0.5, 0.6) is 0 Å². The zero-order valence-electron chi connectivity index (χ0n) is 14.2. The molecule has 0 saturated heterocycles. The first-order valence-corrected chi connectivity index (χ1v) is 9.39. The van der Waals surface area contributed by atoms with Gasteiger partial charge in [-0.3, -0.25) is 9.78 Å². The van der Waals surface area contributed by atoms with Gasteiger partial charge in [0.25, 0.3) is 0 Å². The molecule has 0 fully saturated rings. The summed E-state index contributed by atoms with van der Waals surface area (Å²) >= 11 is 0. The topological polar surface area (TPSA) is 85.7 Å². The van der Waals surface area contributed by atoms with Crippen LogP contribution < -0.4 is 0 Å². The minimum atomic E-state index is -3.56. The predicted molar refractivity (Wildman–Crippen MR) is 91.4 cm³/mol. The Morgan fingerprint density at radius 2 is 2.17 bits per heavy atom. The quantitative estimate of drug-likeness (QED) is 0.757. The molecule has 1 aromatic heterocycles. The molecular weight excluding hydrogens is 328 g/mol. The maximum atomic E-state index is 12.0. The van der Waals surface area contributed by atoms with Crippen molar-refractivity contribution in [3.8, 4) is 11.8 Å². The van der Waals surface area contributed by atoms with Gasteiger partial charge in [-0.2, -0.15) is 0 Å². The number of ketones is 1. The fourth-order valence-electron chi connectivity index (χ4n) is 2.46. The van der Waals surface area contributed by atoms with Crippen molar-refractivity contribution in [3.63, 3.8) is 0 Å². The monoisotopic (exact) mass is 348 g/mol. The lowest BCUT2D eigenvalue weighted by atomic mass is 9.95. The van der Waals surface area contributed by atoms with E-state index in [2.05, 4.69) is 22.0 Å². The van der Waals surface area contributed by atoms with Crippen LogP contribution in [-0.4, -0.2) is 42.0 Å². The number of hydrogen-bond acceptors (Lipinski definition) is 6. The average molecular weight is 348 g/mol. The summed E-state index contributed by atoms with van der Waals surface area (Å²) in [6.07, 6.45) is 2.72. The zero-order valence-corrected chi connectivity index (χ0v) is 15.0. The Bertz CT molecular complexity index is 832. The number of aromatic nitrogens is 1. The Morgan fingerprint density at radius 1 is 1.46 bits per heavy atom. The van der Waals surface area contributed by atoms with Crippen LogP contribution in [0.25, 0.3) is 0 Å². The maximum absolute atomic E-state index is 12.0. The van der Waals surface area contributed by atoms with Crippen LogP contribution in [-0.2, 0) is 19.5 Å². The minimum Gasteiger partial charge on any atom is -0.392 e. The normalized spacial score (nSPS) is 19.5. The molecule has 24 heavy (non-hydrogen) atoms. The summed E-state index contributed by atoms with van der Waals surface area (Å²) in [6.45, 7) is 4.47. The second kappa shape index (κ2) is 6.73. The van der Waals surface area contributed by atoms with Crippen LogP contribution in [0.2, 0.25) is 0 Å². The molecule has 0 spiro atoms. The molecular formula is C17H20N2O4S. The molecule has 0 aromatic carbocycles. The third kappa shape index (κ3) is 3.65. The van der Waals surface area contributed by atoms with Crippen molar-refractivity contribution >= 4 is 21.3 Å². The number of Topliss-reactive ketones (excluding diaryl/α,β-unsaturated/α-hetero) is 1. The molecule has 0 saturated carbocycles. The second-order valence-corrected chi connectivity index (χ2v) is 8.49. The Morgan fingerprint density at radius 3 is 2.67 bits per heavy atom. The number of sulfone groups is 1. The van der Waals surface area contributed by atoms with E-state index in [1.807, 2.05) is 6.07 Å². The predicted octanol–water partition coefficient (Wildman–Crippen LogP) is 1.73. The first-order valence-electron chi connectivity index (χ1n) is 7.50. The standard InChI is InChI=1S/C17H20N2O4S/c1-5-6-13-7-8-15(18-11-13)16-9-14(23-19-16)10-17(3,12(2)20)24(4,21)22/h7-8,11,14H,9-10H2,1-4H3. The van der Waals surface area contributed by atoms with Crippen LogP contribution in [0.3, 0.4) is 0 Å². The summed E-state index contributed by atoms with van der Waals surface area (Å²) in [6, 6.07) is 3.63. The lowest BCUT2D eigenvalue weighted by molar-refractivity contribution is -0.120. The number of nitrogens with zero attached hydrogens (tertiary/aromatic N) is 2. The Labute approximate surface area is 142 Å². The molecule has 0 amide bonds. The van der Waals surface area contributed by atoms with Crippen LogP contribution in [0.4, 0.5) is 0 Å². The highest BCUT2D eigenvalue weighted by atomic mass is 32.2. The molecule has 0 aliphatic carbocycles. The third-order valence-electron chi connectivity index (χ3n) is 4.24. The lowest BCUT2D eigenvalue weighted by Gasteiger charge is -2.26. The molecule has 7 heteroatoms. The minimum absolute atomic E-state index is 0.0631. The van der Waals surface area contributed by atoms with Crippen LogP contribution in [0.15, 0.2) is 23.5 Å². The SMILES string of the molecule is CC#Cc1ccc(C2=NOC(CC(C)(C(C)=O)S(C)(=O)=O)C2)nc1. The lowest BCUT2D eigenvalue weighted by Crippen LogP contribution is -2.44. The van der Waals surface area contributed by atoms with Crippen LogP contribution >= 0.6 is 0 Å². The van der Waals surface area contributed by atoms with Gasteiger partial charge in [-0.25, -0.2) is 8.42 Å². The first kappa shape index (κ1) is 18.1. The number of rotatable bonds is 5. The Balaban J connectivity index is 2.11. The van der Waals surface area contributed by atoms with E-state index in [4.69, 9.17) is 4.84 Å². The molecule has 2 rings (SSSR count). The molecule has 0 radical (unpaired) electrons. The van der Waals surface area contributed by atoms with E-state index in [1.54, 1.807) is 19.2 Å². The summed E-state index contributed by atoms with van der Waals surface area (Å²) in [5.41, 5.74) is 2.09. The smallest absolute Gasteiger partial charge is 0.160 e. The Hall–Kier alpha value is -2.20. The van der Waals surface area contributed by atoms with Gasteiger partial charge in [-0.15, -0.1) is 5.92 Å². The highest BCUT2D eigenvalue weighted by Gasteiger charge is 2.44. The number of oxime groups is 1. The molecule has 0 N–H and O–H groups in total. The molecule has 2 atom stereocenters. The van der Waals surface area contributed by atoms with Crippen LogP contribution in [0.1, 0.15) is 44.9 Å². The second-order valence-electron chi connectivity index (χ2n) is 6.04. The molecule has 6 nitrogen and oxygen atoms in total. The maximum Gasteiger partial charge on any atom is 0.160 e. The van der Waals surface area contributed by atoms with Gasteiger partial charge in [0.2, 0.25) is 0 Å². The largest absolute Gasteiger partial charge is 0.392 e. The summed E-state index contributed by atoms with van der Waals surface area (Å²) in [7, 11) is -3.56. The molecule has 1 aliphatic heterocycles. The van der Waals surface area contributed by atoms with Crippen molar-refractivity contribution in [3.05, 3.63) is 29.6 Å². The van der Waals surface area contributed by atoms with Crippen molar-refractivity contribution in [1.82, 2.24) is 4.98 Å². The van der Waals surface area contributed by atoms with Gasteiger partial charge in [0.1, 0.15) is 16.6 Å². The van der Waals surface area contributed by atoms with Gasteiger partial charge in [0.05, 0.1) is 5.69 Å². The highest BCUT2D eigenvalue weighted by molar-refractivity contribution is 7.92. The van der Waals surface area contributed by atoms with Gasteiger partial charge < -0.3 is 4.84 Å². The molecule has 0 bridgehead atoms. The van der Waals surface area contributed by atoms with Crippen molar-refractivity contribution in [2.24, 2.45) is 5.16 Å². The Kier molecular flexibility index (Phi) is 5.09. The molecule has 128 valence electrons. The molecule has 2 heterocycles. The summed E-state index contributed by atoms with van der Waals surface area (Å²) in [5.74, 6) is 5.30. The van der Waals surface area contributed by atoms with Crippen molar-refractivity contribution in [2.75, 3.05) is 6.26 Å². The van der Waals surface area contributed by atoms with E-state index in [0.29, 0.717) is 17.8 Å². The third-order valence-corrected chi connectivity index (χ3v) is 6.33. The van der Waals surface area contributed by atoms with Gasteiger partial charge in [-0.05, 0) is 32.9 Å². The molecule has 2 unspecified atom stereocenters. The van der Waals surface area contributed by atoms with E-state index in [1.165, 1.54) is 13.8 Å². The summed E-state index contributed by atoms with van der Waals surface area (Å²) < 4.78 is 22.5. The van der Waals surface area contributed by atoms with Gasteiger partial charge in [-0.1, -0.05) is 11.1 Å². The number of carbonyl (C=O) groups is 1. The highest BCUT2D eigenvalue weighted by Crippen LogP contribution is 2.29. The summed E-state index contributed by atoms with van der Waals surface area (Å²) in [5, 5.41) is 4.00. The van der Waals surface area contributed by atoms with Gasteiger partial charge in [0.15, 0.2) is 15.6 Å². The number of hydrogen-bond donors (Lipinski definition) is 0. The van der Waals surface area contributed by atoms with Gasteiger partial charge in [0, 0.05) is 30.9 Å². The van der Waals surface area contributed by atoms with Crippen molar-refractivity contribution < 1.29 is 18.0 Å². The molecule has 1 aromatic rings. The summed E-state index contributed by atoms with van der Waals surface area (Å²) in [4.78, 5) is 21.5. The van der Waals surface area contributed by atoms with Crippen molar-refractivity contribution in [2.45, 2.75) is 44.5 Å². The first-order chi connectivity index (χ1) is 11.2. The molecule has 1 aliphatic rings. The number of pyridine rings is 1.